The number of carbonyl (C=O) groups is 1. The van der Waals surface area contributed by atoms with E-state index in [9.17, 15) is 4.79 Å². The molecule has 3 rings (SSSR count). The second-order valence-electron chi connectivity index (χ2n) is 3.66. The van der Waals surface area contributed by atoms with Gasteiger partial charge in [-0.2, -0.15) is 0 Å². The first-order valence-corrected chi connectivity index (χ1v) is 4.15. The summed E-state index contributed by atoms with van der Waals surface area (Å²) < 4.78 is 10.8. The molecule has 11 heavy (non-hydrogen) atoms. The van der Waals surface area contributed by atoms with Crippen molar-refractivity contribution in [2.75, 3.05) is 6.61 Å². The zero-order valence-electron chi connectivity index (χ0n) is 6.16. The Morgan fingerprint density at radius 3 is 3.18 bits per heavy atom. The molecule has 0 aromatic rings. The second-order valence-corrected chi connectivity index (χ2v) is 3.66. The Morgan fingerprint density at radius 1 is 1.36 bits per heavy atom. The van der Waals surface area contributed by atoms with Crippen molar-refractivity contribution in [2.24, 2.45) is 11.8 Å². The monoisotopic (exact) mass is 154 g/mol. The van der Waals surface area contributed by atoms with Crippen LogP contribution in [0.5, 0.6) is 0 Å². The van der Waals surface area contributed by atoms with E-state index in [0.717, 1.165) is 12.8 Å². The highest BCUT2D eigenvalue weighted by Gasteiger charge is 2.51. The largest absolute Gasteiger partial charge is 0.352 e. The van der Waals surface area contributed by atoms with E-state index in [-0.39, 0.29) is 24.1 Å². The van der Waals surface area contributed by atoms with E-state index in [4.69, 9.17) is 9.47 Å². The summed E-state index contributed by atoms with van der Waals surface area (Å²) in [5, 5.41) is 0. The fraction of sp³-hybridized carbons (Fsp3) is 0.875. The Labute approximate surface area is 64.7 Å². The van der Waals surface area contributed by atoms with Gasteiger partial charge in [-0.3, -0.25) is 4.79 Å². The quantitative estimate of drug-likeness (QED) is 0.504. The molecule has 3 nitrogen and oxygen atoms in total. The van der Waals surface area contributed by atoms with Gasteiger partial charge in [-0.15, -0.1) is 0 Å². The molecule has 0 spiro atoms. The normalized spacial score (nSPS) is 53.6. The Balaban J connectivity index is 2.01. The van der Waals surface area contributed by atoms with E-state index >= 15 is 0 Å². The molecule has 2 aliphatic heterocycles. The van der Waals surface area contributed by atoms with Crippen molar-refractivity contribution >= 4 is 5.78 Å². The van der Waals surface area contributed by atoms with Crippen LogP contribution in [0.25, 0.3) is 0 Å². The van der Waals surface area contributed by atoms with Gasteiger partial charge in [-0.05, 0) is 12.8 Å². The average molecular weight is 154 g/mol. The van der Waals surface area contributed by atoms with E-state index in [1.54, 1.807) is 0 Å². The van der Waals surface area contributed by atoms with E-state index in [1.165, 1.54) is 0 Å². The van der Waals surface area contributed by atoms with Gasteiger partial charge in [0.15, 0.2) is 12.1 Å². The summed E-state index contributed by atoms with van der Waals surface area (Å²) in [5.41, 5.74) is 0. The summed E-state index contributed by atoms with van der Waals surface area (Å²) >= 11 is 0. The van der Waals surface area contributed by atoms with E-state index in [0.29, 0.717) is 12.5 Å². The fourth-order valence-electron chi connectivity index (χ4n) is 2.39. The number of Topliss-reactive ketones (excluding diaryl/α,β-unsaturated/α-hetero) is 1. The molecule has 1 saturated carbocycles. The minimum absolute atomic E-state index is 0.0531. The van der Waals surface area contributed by atoms with Crippen LogP contribution in [0.1, 0.15) is 12.8 Å². The van der Waals surface area contributed by atoms with Crippen molar-refractivity contribution in [3.63, 3.8) is 0 Å². The Hall–Kier alpha value is -0.410. The molecule has 3 heteroatoms. The van der Waals surface area contributed by atoms with Crippen LogP contribution in [0.15, 0.2) is 0 Å². The zero-order chi connectivity index (χ0) is 7.42. The minimum Gasteiger partial charge on any atom is -0.352 e. The van der Waals surface area contributed by atoms with Crippen LogP contribution in [0.4, 0.5) is 0 Å². The maximum Gasteiger partial charge on any atom is 0.167 e. The number of fused-ring (bicyclic) bond motifs is 2. The molecule has 2 heterocycles. The lowest BCUT2D eigenvalue weighted by Gasteiger charge is -2.30. The summed E-state index contributed by atoms with van der Waals surface area (Å²) in [6.45, 7) is 0.594. The molecular formula is C8H10O3. The van der Waals surface area contributed by atoms with Gasteiger partial charge >= 0.3 is 0 Å². The molecule has 60 valence electrons. The predicted molar refractivity (Wildman–Crippen MR) is 35.8 cm³/mol. The highest BCUT2D eigenvalue weighted by Crippen LogP contribution is 2.43. The Bertz CT molecular complexity index is 203. The van der Waals surface area contributed by atoms with Gasteiger partial charge in [-0.1, -0.05) is 0 Å². The molecule has 0 radical (unpaired) electrons. The van der Waals surface area contributed by atoms with E-state index < -0.39 is 0 Å². The number of ether oxygens (including phenoxy) is 2. The number of hydrogen-bond donors (Lipinski definition) is 0. The average Bonchev–Trinajstić information content (AvgIpc) is 2.33. The van der Waals surface area contributed by atoms with Crippen molar-refractivity contribution in [2.45, 2.75) is 25.2 Å². The van der Waals surface area contributed by atoms with Crippen molar-refractivity contribution < 1.29 is 14.3 Å². The van der Waals surface area contributed by atoms with Crippen molar-refractivity contribution in [1.29, 1.82) is 0 Å². The van der Waals surface area contributed by atoms with Crippen LogP contribution < -0.4 is 0 Å². The lowest BCUT2D eigenvalue weighted by Crippen LogP contribution is -2.38. The van der Waals surface area contributed by atoms with Crippen LogP contribution >= 0.6 is 0 Å². The summed E-state index contributed by atoms with van der Waals surface area (Å²) in [4.78, 5) is 11.4. The van der Waals surface area contributed by atoms with Gasteiger partial charge in [0.25, 0.3) is 0 Å². The van der Waals surface area contributed by atoms with Gasteiger partial charge in [-0.25, -0.2) is 0 Å². The molecule has 0 amide bonds. The van der Waals surface area contributed by atoms with E-state index in [1.807, 2.05) is 0 Å². The van der Waals surface area contributed by atoms with Crippen LogP contribution in [0.3, 0.4) is 0 Å². The summed E-state index contributed by atoms with van der Waals surface area (Å²) in [6, 6.07) is 0. The third kappa shape index (κ3) is 0.676. The third-order valence-electron chi connectivity index (χ3n) is 2.97. The number of carbonyl (C=O) groups excluding carboxylic acids is 1. The highest BCUT2D eigenvalue weighted by molar-refractivity contribution is 5.87. The number of hydrogen-bond acceptors (Lipinski definition) is 3. The molecule has 3 aliphatic rings. The third-order valence-corrected chi connectivity index (χ3v) is 2.97. The molecule has 3 fully saturated rings. The number of rotatable bonds is 0. The molecule has 0 N–H and O–H groups in total. The fourth-order valence-corrected chi connectivity index (χ4v) is 2.39. The molecule has 1 aliphatic carbocycles. The zero-order valence-corrected chi connectivity index (χ0v) is 6.16. The molecule has 0 aromatic carbocycles. The van der Waals surface area contributed by atoms with Crippen LogP contribution in [-0.4, -0.2) is 24.8 Å². The topological polar surface area (TPSA) is 35.5 Å². The smallest absolute Gasteiger partial charge is 0.167 e. The van der Waals surface area contributed by atoms with Gasteiger partial charge in [0.05, 0.1) is 6.61 Å². The van der Waals surface area contributed by atoms with Crippen LogP contribution in [0, 0.1) is 11.8 Å². The summed E-state index contributed by atoms with van der Waals surface area (Å²) in [5.74, 6) is 0.940. The van der Waals surface area contributed by atoms with Gasteiger partial charge in [0.1, 0.15) is 6.10 Å². The number of ketones is 1. The maximum atomic E-state index is 11.4. The highest BCUT2D eigenvalue weighted by atomic mass is 16.7. The van der Waals surface area contributed by atoms with Crippen LogP contribution in [-0.2, 0) is 14.3 Å². The standard InChI is InChI=1S/C8H10O3/c9-7-5-1-4-2-6(7)11-8(4)10-3-5/h4-6,8H,1-3H2. The van der Waals surface area contributed by atoms with Crippen LogP contribution in [0.2, 0.25) is 0 Å². The molecule has 0 aromatic heterocycles. The second kappa shape index (κ2) is 1.84. The first-order chi connectivity index (χ1) is 5.34. The maximum absolute atomic E-state index is 11.4. The Kier molecular flexibility index (Phi) is 1.03. The lowest BCUT2D eigenvalue weighted by atomic mass is 9.79. The molecular weight excluding hydrogens is 144 g/mol. The summed E-state index contributed by atoms with van der Waals surface area (Å²) in [6.07, 6.45) is 1.73. The van der Waals surface area contributed by atoms with Gasteiger partial charge < -0.3 is 9.47 Å². The summed E-state index contributed by atoms with van der Waals surface area (Å²) in [7, 11) is 0. The molecule has 3 bridgehead atoms. The van der Waals surface area contributed by atoms with Crippen molar-refractivity contribution in [3.8, 4) is 0 Å². The Morgan fingerprint density at radius 2 is 2.27 bits per heavy atom. The predicted octanol–water partition coefficient (Wildman–Crippen LogP) is 0.337. The SMILES string of the molecule is O=C1C2COC3OC1CC3C2. The molecule has 2 saturated heterocycles. The minimum atomic E-state index is -0.119. The molecule has 4 unspecified atom stereocenters. The first-order valence-electron chi connectivity index (χ1n) is 4.15. The van der Waals surface area contributed by atoms with Crippen molar-refractivity contribution in [3.05, 3.63) is 0 Å². The lowest BCUT2D eigenvalue weighted by molar-refractivity contribution is -0.153. The van der Waals surface area contributed by atoms with Gasteiger partial charge in [0.2, 0.25) is 0 Å². The van der Waals surface area contributed by atoms with Gasteiger partial charge in [0, 0.05) is 11.8 Å². The molecule has 4 atom stereocenters. The van der Waals surface area contributed by atoms with Crippen molar-refractivity contribution in [1.82, 2.24) is 0 Å². The van der Waals surface area contributed by atoms with E-state index in [2.05, 4.69) is 0 Å². The first kappa shape index (κ1) is 6.14.